The molecule has 0 amide bonds. The van der Waals surface area contributed by atoms with Crippen molar-refractivity contribution in [3.63, 3.8) is 0 Å². The molecule has 0 bridgehead atoms. The maximum atomic E-state index is 5.22. The molecule has 0 radical (unpaired) electrons. The number of benzene rings is 2. The molecule has 0 aliphatic heterocycles. The zero-order chi connectivity index (χ0) is 40.2. The van der Waals surface area contributed by atoms with Crippen molar-refractivity contribution in [3.05, 3.63) is 58.7 Å². The fourth-order valence-corrected chi connectivity index (χ4v) is 8.49. The summed E-state index contributed by atoms with van der Waals surface area (Å²) in [5, 5.41) is 0. The summed E-state index contributed by atoms with van der Waals surface area (Å²) in [5.41, 5.74) is 9.20. The number of hydrogen-bond acceptors (Lipinski definition) is 2. The topological polar surface area (TPSA) is 24.7 Å². The molecule has 57 heavy (non-hydrogen) atoms. The van der Waals surface area contributed by atoms with E-state index in [0.717, 1.165) is 49.2 Å². The molecule has 0 aliphatic rings. The molecule has 0 aromatic heterocycles. The third-order valence-corrected chi connectivity index (χ3v) is 11.9. The third-order valence-electron chi connectivity index (χ3n) is 11.9. The van der Waals surface area contributed by atoms with E-state index in [4.69, 9.17) is 9.98 Å². The molecule has 328 valence electrons. The van der Waals surface area contributed by atoms with Crippen molar-refractivity contribution >= 4 is 23.3 Å². The molecule has 0 unspecified atom stereocenters. The van der Waals surface area contributed by atoms with Crippen LogP contribution in [0.3, 0.4) is 0 Å². The SMILES string of the molecule is CCCCCCCCCCCCCCCCCCCCCCCCCCCCC(C=Nc1ccc(CCC)c(CCC)c1)=Nc1ccc(CCC)c(CCC)c1.[Ni]. The Morgan fingerprint density at radius 1 is 0.368 bits per heavy atom. The summed E-state index contributed by atoms with van der Waals surface area (Å²) in [6, 6.07) is 13.7. The largest absolute Gasteiger partial charge is 0.255 e. The molecule has 0 atom stereocenters. The van der Waals surface area contributed by atoms with E-state index in [-0.39, 0.29) is 16.5 Å². The second-order valence-corrected chi connectivity index (χ2v) is 17.4. The Kier molecular flexibility index (Phi) is 36.0. The van der Waals surface area contributed by atoms with Crippen molar-refractivity contribution in [1.82, 2.24) is 0 Å². The molecule has 0 heterocycles. The van der Waals surface area contributed by atoms with Crippen LogP contribution in [0, 0.1) is 0 Å². The third kappa shape index (κ3) is 27.6. The van der Waals surface area contributed by atoms with Gasteiger partial charge in [-0.1, -0.05) is 233 Å². The van der Waals surface area contributed by atoms with E-state index in [1.54, 1.807) is 0 Å². The molecular weight excluding hydrogens is 735 g/mol. The predicted octanol–water partition coefficient (Wildman–Crippen LogP) is 18.5. The first-order chi connectivity index (χ1) is 27.6. The van der Waals surface area contributed by atoms with Crippen LogP contribution < -0.4 is 0 Å². The van der Waals surface area contributed by atoms with Gasteiger partial charge in [0.05, 0.1) is 17.1 Å². The molecule has 2 aromatic rings. The van der Waals surface area contributed by atoms with Gasteiger partial charge in [0.25, 0.3) is 0 Å². The van der Waals surface area contributed by atoms with Crippen molar-refractivity contribution in [3.8, 4) is 0 Å². The van der Waals surface area contributed by atoms with Crippen molar-refractivity contribution in [2.75, 3.05) is 0 Å². The summed E-state index contributed by atoms with van der Waals surface area (Å²) >= 11 is 0. The normalized spacial score (nSPS) is 11.8. The maximum Gasteiger partial charge on any atom is 0.0636 e. The summed E-state index contributed by atoms with van der Waals surface area (Å²) < 4.78 is 0. The van der Waals surface area contributed by atoms with E-state index < -0.39 is 0 Å². The van der Waals surface area contributed by atoms with E-state index in [1.807, 2.05) is 0 Å². The first-order valence-corrected chi connectivity index (χ1v) is 25.0. The number of rotatable bonds is 38. The molecule has 2 aromatic carbocycles. The van der Waals surface area contributed by atoms with E-state index in [9.17, 15) is 0 Å². The van der Waals surface area contributed by atoms with Crippen LogP contribution in [0.15, 0.2) is 46.4 Å². The minimum absolute atomic E-state index is 0. The van der Waals surface area contributed by atoms with Gasteiger partial charge in [0.1, 0.15) is 0 Å². The molecule has 3 heteroatoms. The van der Waals surface area contributed by atoms with Crippen LogP contribution in [0.4, 0.5) is 11.4 Å². The minimum Gasteiger partial charge on any atom is -0.255 e. The Morgan fingerprint density at radius 2 is 0.684 bits per heavy atom. The standard InChI is InChI=1S/C54H92N2.Ni/c1-6-11-12-13-14-15-16-17-18-19-20-21-22-23-24-25-26-27-28-29-30-31-32-33-34-35-40-54(56-53-44-42-49(37-8-3)51(46-53)39-10-5)47-55-52-43-41-48(36-7-2)50(45-52)38-9-4;/h41-47H,6-40H2,1-5H3;. The summed E-state index contributed by atoms with van der Waals surface area (Å²) in [6.07, 6.45) is 49.6. The Bertz CT molecular complexity index is 1260. The van der Waals surface area contributed by atoms with Crippen LogP contribution in [-0.2, 0) is 42.2 Å². The molecule has 0 spiro atoms. The van der Waals surface area contributed by atoms with Gasteiger partial charge >= 0.3 is 0 Å². The smallest absolute Gasteiger partial charge is 0.0636 e. The zero-order valence-corrected chi connectivity index (χ0v) is 39.5. The fourth-order valence-electron chi connectivity index (χ4n) is 8.49. The average Bonchev–Trinajstić information content (AvgIpc) is 3.20. The van der Waals surface area contributed by atoms with Gasteiger partial charge in [-0.25, -0.2) is 0 Å². The van der Waals surface area contributed by atoms with Crippen LogP contribution in [-0.4, -0.2) is 11.9 Å². The van der Waals surface area contributed by atoms with Gasteiger partial charge < -0.3 is 0 Å². The van der Waals surface area contributed by atoms with Crippen LogP contribution in [0.1, 0.15) is 256 Å². The fraction of sp³-hybridized carbons (Fsp3) is 0.741. The van der Waals surface area contributed by atoms with Crippen molar-refractivity contribution in [1.29, 1.82) is 0 Å². The summed E-state index contributed by atoms with van der Waals surface area (Å²) in [6.45, 7) is 11.4. The first-order valence-electron chi connectivity index (χ1n) is 25.0. The Balaban J connectivity index is 0.0000162. The molecule has 0 saturated carbocycles. The number of aryl methyl sites for hydroxylation is 4. The molecule has 0 saturated heterocycles. The second kappa shape index (κ2) is 38.5. The van der Waals surface area contributed by atoms with Crippen molar-refractivity contribution < 1.29 is 16.5 Å². The van der Waals surface area contributed by atoms with E-state index >= 15 is 0 Å². The summed E-state index contributed by atoms with van der Waals surface area (Å²) in [5.74, 6) is 0. The van der Waals surface area contributed by atoms with Crippen LogP contribution in [0.5, 0.6) is 0 Å². The molecule has 2 rings (SSSR count). The van der Waals surface area contributed by atoms with Crippen molar-refractivity contribution in [2.24, 2.45) is 9.98 Å². The number of hydrogen-bond donors (Lipinski definition) is 0. The summed E-state index contributed by atoms with van der Waals surface area (Å²) in [7, 11) is 0. The van der Waals surface area contributed by atoms with Crippen LogP contribution >= 0.6 is 0 Å². The second-order valence-electron chi connectivity index (χ2n) is 17.4. The molecule has 0 fully saturated rings. The molecular formula is C54H92N2Ni. The summed E-state index contributed by atoms with van der Waals surface area (Å²) in [4.78, 5) is 10.2. The molecule has 0 aliphatic carbocycles. The number of unbranched alkanes of at least 4 members (excludes halogenated alkanes) is 25. The Labute approximate surface area is 366 Å². The van der Waals surface area contributed by atoms with Gasteiger partial charge in [0, 0.05) is 22.7 Å². The number of nitrogens with zero attached hydrogens (tertiary/aromatic N) is 2. The number of aliphatic imine (C=N–C) groups is 2. The predicted molar refractivity (Wildman–Crippen MR) is 254 cm³/mol. The quantitative estimate of drug-likeness (QED) is 0.0366. The molecule has 0 N–H and O–H groups in total. The first kappa shape index (κ1) is 53.3. The van der Waals surface area contributed by atoms with Gasteiger partial charge in [-0.3, -0.25) is 9.98 Å². The van der Waals surface area contributed by atoms with Gasteiger partial charge in [-0.15, -0.1) is 0 Å². The average molecular weight is 828 g/mol. The molecule has 2 nitrogen and oxygen atoms in total. The van der Waals surface area contributed by atoms with Crippen LogP contribution in [0.2, 0.25) is 0 Å². The van der Waals surface area contributed by atoms with Crippen molar-refractivity contribution in [2.45, 2.75) is 259 Å². The minimum atomic E-state index is 0. The van der Waals surface area contributed by atoms with Crippen LogP contribution in [0.25, 0.3) is 0 Å². The van der Waals surface area contributed by atoms with Gasteiger partial charge in [-0.2, -0.15) is 0 Å². The van der Waals surface area contributed by atoms with E-state index in [1.165, 1.54) is 215 Å². The monoisotopic (exact) mass is 827 g/mol. The zero-order valence-electron chi connectivity index (χ0n) is 38.5. The Morgan fingerprint density at radius 3 is 1.05 bits per heavy atom. The van der Waals surface area contributed by atoms with Gasteiger partial charge in [-0.05, 0) is 85.0 Å². The van der Waals surface area contributed by atoms with E-state index in [0.29, 0.717) is 0 Å². The maximum absolute atomic E-state index is 5.22. The van der Waals surface area contributed by atoms with Gasteiger partial charge in [0.15, 0.2) is 0 Å². The Hall–Kier alpha value is -1.73. The van der Waals surface area contributed by atoms with Gasteiger partial charge in [0.2, 0.25) is 0 Å². The van der Waals surface area contributed by atoms with E-state index in [2.05, 4.69) is 77.2 Å².